The smallest absolute Gasteiger partial charge is 0.243 e. The lowest BCUT2D eigenvalue weighted by Gasteiger charge is -2.33. The summed E-state index contributed by atoms with van der Waals surface area (Å²) in [5, 5.41) is 41.8. The van der Waals surface area contributed by atoms with Crippen LogP contribution >= 0.6 is 0 Å². The summed E-state index contributed by atoms with van der Waals surface area (Å²) in [7, 11) is 0. The molecule has 16 N–H and O–H groups in total. The highest BCUT2D eigenvalue weighted by molar-refractivity contribution is 6.41. The number of H-pyrrole nitrogens is 1. The number of amides is 5. The van der Waals surface area contributed by atoms with Crippen LogP contribution in [0.25, 0.3) is 10.9 Å². The molecule has 12 atom stereocenters. The van der Waals surface area contributed by atoms with Gasteiger partial charge in [-0.15, -0.1) is 0 Å². The fourth-order valence-corrected chi connectivity index (χ4v) is 12.5. The zero-order chi connectivity index (χ0) is 79.7. The Kier molecular flexibility index (Phi) is 37.6. The summed E-state index contributed by atoms with van der Waals surface area (Å²) < 4.78 is 0. The SMILES string of the molecule is CC(=O)N[C@@H](CC(C)C)C(=O)N[C@H](C(=O)C(=O)[C@H](Cc1ccccc1)NN[C@]1(C)CCCCCCC=CCCC[C@@](C)(C=O)NC(=O)[C@H](CCC(C)C)NN[C@@H](CCC(N)=O)C(=O)CN[C@@H](C)C(=O)CC(=O)[C@H](Cc2c[nH]c3ccccc23)NC(=O)[C@H](Cc2ccc(O)cc2)NCC(=O)[C@H](C)NCC1=O)[C@@H](C)O. The number of aliphatic hydroxyl groups is 1. The predicted molar refractivity (Wildman–Crippen MR) is 411 cm³/mol. The van der Waals surface area contributed by atoms with E-state index in [0.29, 0.717) is 74.3 Å². The molecule has 4 aromatic rings. The zero-order valence-electron chi connectivity index (χ0n) is 64.4. The second-order valence-corrected chi connectivity index (χ2v) is 30.0. The van der Waals surface area contributed by atoms with Crippen molar-refractivity contribution in [1.82, 2.24) is 63.9 Å². The molecular weight excluding hydrogens is 1380 g/mol. The van der Waals surface area contributed by atoms with E-state index in [4.69, 9.17) is 5.73 Å². The van der Waals surface area contributed by atoms with Crippen LogP contribution in [0, 0.1) is 11.8 Å². The van der Waals surface area contributed by atoms with E-state index < -0.39 is 168 Å². The summed E-state index contributed by atoms with van der Waals surface area (Å²) in [6, 6.07) is 11.2. The molecule has 28 nitrogen and oxygen atoms in total. The number of hydrazine groups is 2. The average molecular weight is 1500 g/mol. The number of allylic oxidation sites excluding steroid dienone is 2. The number of Topliss-reactive ketones (excluding diaryl/α,β-unsaturated/α-hetero) is 7. The van der Waals surface area contributed by atoms with Crippen LogP contribution in [0.3, 0.4) is 0 Å². The van der Waals surface area contributed by atoms with Gasteiger partial charge in [-0.3, -0.25) is 62.9 Å². The Balaban J connectivity index is 1.48. The molecule has 5 rings (SSSR count). The van der Waals surface area contributed by atoms with Crippen LogP contribution < -0.4 is 64.7 Å². The lowest BCUT2D eigenvalue weighted by molar-refractivity contribution is -0.142. The molecule has 2 heterocycles. The molecule has 5 amide bonds. The van der Waals surface area contributed by atoms with Crippen molar-refractivity contribution in [2.75, 3.05) is 19.6 Å². The van der Waals surface area contributed by atoms with Gasteiger partial charge in [0, 0.05) is 36.9 Å². The Morgan fingerprint density at radius 2 is 1.28 bits per heavy atom. The van der Waals surface area contributed by atoms with Crippen molar-refractivity contribution in [1.29, 1.82) is 0 Å². The Morgan fingerprint density at radius 1 is 0.639 bits per heavy atom. The first-order valence-corrected chi connectivity index (χ1v) is 37.8. The topological polar surface area (TPSA) is 437 Å². The number of aromatic amines is 1. The second-order valence-electron chi connectivity index (χ2n) is 30.0. The normalized spacial score (nSPS) is 23.8. The van der Waals surface area contributed by atoms with Gasteiger partial charge in [0.1, 0.15) is 24.1 Å². The summed E-state index contributed by atoms with van der Waals surface area (Å²) >= 11 is 0. The summed E-state index contributed by atoms with van der Waals surface area (Å²) in [6.45, 7) is 15.2. The van der Waals surface area contributed by atoms with Crippen LogP contribution in [0.15, 0.2) is 97.2 Å². The van der Waals surface area contributed by atoms with Gasteiger partial charge < -0.3 is 57.6 Å². The zero-order valence-corrected chi connectivity index (χ0v) is 64.4. The molecule has 1 aliphatic heterocycles. The maximum absolute atomic E-state index is 14.9. The summed E-state index contributed by atoms with van der Waals surface area (Å²) in [6.07, 6.45) is 9.69. The van der Waals surface area contributed by atoms with E-state index in [-0.39, 0.29) is 62.5 Å². The Morgan fingerprint density at radius 3 is 1.94 bits per heavy atom. The van der Waals surface area contributed by atoms with E-state index in [0.717, 1.165) is 23.7 Å². The van der Waals surface area contributed by atoms with Gasteiger partial charge in [0.2, 0.25) is 41.1 Å². The number of aromatic nitrogens is 1. The average Bonchev–Trinajstić information content (AvgIpc) is 1.67. The van der Waals surface area contributed by atoms with Gasteiger partial charge >= 0.3 is 0 Å². The van der Waals surface area contributed by atoms with E-state index in [2.05, 4.69) is 63.9 Å². The number of hydrogen-bond donors (Lipinski definition) is 15. The largest absolute Gasteiger partial charge is 0.508 e. The van der Waals surface area contributed by atoms with Crippen molar-refractivity contribution < 1.29 is 72.5 Å². The van der Waals surface area contributed by atoms with Crippen LogP contribution in [0.2, 0.25) is 0 Å². The number of carbonyl (C=O) groups excluding carboxylic acids is 13. The maximum atomic E-state index is 14.9. The number of aldehydes is 1. The molecule has 0 radical (unpaired) electrons. The first-order valence-electron chi connectivity index (χ1n) is 37.8. The van der Waals surface area contributed by atoms with Crippen LogP contribution in [-0.2, 0) is 81.6 Å². The Labute approximate surface area is 634 Å². The minimum absolute atomic E-state index is 0.0462. The first kappa shape index (κ1) is 89.8. The number of aliphatic hydroxyl groups excluding tert-OH is 1. The number of phenolic OH excluding ortho intramolecular Hbond substituents is 1. The van der Waals surface area contributed by atoms with Gasteiger partial charge in [-0.2, -0.15) is 0 Å². The lowest BCUT2D eigenvalue weighted by Crippen LogP contribution is -2.64. The number of phenols is 1. The van der Waals surface area contributed by atoms with Crippen molar-refractivity contribution in [3.63, 3.8) is 0 Å². The second kappa shape index (κ2) is 45.2. The highest BCUT2D eigenvalue weighted by Gasteiger charge is 2.40. The van der Waals surface area contributed by atoms with Gasteiger partial charge in [-0.25, -0.2) is 21.7 Å². The molecule has 592 valence electrons. The predicted octanol–water partition coefficient (Wildman–Crippen LogP) is 4.00. The number of carbonyl (C=O) groups is 13. The number of benzene rings is 3. The molecular formula is C80H117N13O15. The minimum atomic E-state index is -1.73. The minimum Gasteiger partial charge on any atom is -0.508 e. The molecule has 0 saturated heterocycles. The Bertz CT molecular complexity index is 3690. The van der Waals surface area contributed by atoms with Gasteiger partial charge in [-0.05, 0) is 158 Å². The first-order chi connectivity index (χ1) is 51.2. The van der Waals surface area contributed by atoms with Gasteiger partial charge in [0.25, 0.3) is 0 Å². The van der Waals surface area contributed by atoms with Crippen LogP contribution in [0.4, 0.5) is 0 Å². The molecule has 0 bridgehead atoms. The number of nitrogens with one attached hydrogen (secondary N) is 12. The molecule has 0 aliphatic carbocycles. The van der Waals surface area contributed by atoms with E-state index in [1.54, 1.807) is 69.4 Å². The van der Waals surface area contributed by atoms with E-state index in [1.165, 1.54) is 32.9 Å². The van der Waals surface area contributed by atoms with Crippen molar-refractivity contribution in [2.45, 2.75) is 256 Å². The van der Waals surface area contributed by atoms with Crippen LogP contribution in [0.5, 0.6) is 5.75 Å². The molecule has 0 fully saturated rings. The molecule has 0 saturated carbocycles. The Hall–Kier alpha value is -8.87. The number of fused-ring (bicyclic) bond motifs is 1. The lowest BCUT2D eigenvalue weighted by atomic mass is 9.89. The molecule has 0 spiro atoms. The fraction of sp³-hybridized carbons (Fsp3) is 0.562. The van der Waals surface area contributed by atoms with Crippen LogP contribution in [-0.4, -0.2) is 183 Å². The van der Waals surface area contributed by atoms with Crippen LogP contribution in [0.1, 0.15) is 182 Å². The highest BCUT2D eigenvalue weighted by atomic mass is 16.3. The number of aromatic hydroxyl groups is 1. The maximum Gasteiger partial charge on any atom is 0.243 e. The number of nitrogens with two attached hydrogens (primary N) is 1. The van der Waals surface area contributed by atoms with Crippen molar-refractivity contribution in [3.8, 4) is 5.75 Å². The van der Waals surface area contributed by atoms with E-state index in [9.17, 15) is 72.5 Å². The summed E-state index contributed by atoms with van der Waals surface area (Å²) in [5.74, 6) is -8.07. The van der Waals surface area contributed by atoms with Crippen molar-refractivity contribution in [3.05, 3.63) is 114 Å². The van der Waals surface area contributed by atoms with Gasteiger partial charge in [0.05, 0.1) is 85.5 Å². The molecule has 1 aliphatic rings. The number of hydrogen-bond acceptors (Lipinski definition) is 22. The summed E-state index contributed by atoms with van der Waals surface area (Å²) in [4.78, 5) is 184. The molecule has 0 unspecified atom stereocenters. The number of ketones is 7. The third-order valence-electron chi connectivity index (χ3n) is 19.5. The number of primary amides is 1. The standard InChI is InChI=1S/C80H117N13O15/c1-49(2)29-34-62-78(108)89-79(9,48-94)37-23-16-14-12-11-13-15-17-24-38-80(10,93-92-64(40-55-25-19-18-20-26-55)74(104)75(105)73(53(7)95)88-77(107)66(39-50(3)4)86-54(8)96)71(102)47-83-52(6)69(100)45-85-65(41-56-30-32-58(97)33-31-56)76(106)87-63(42-57-44-84-60-28-22-21-27-59(57)60)68(99)43-67(98)51(5)82-46-70(101)61(90-91-62)35-36-72(81)103/h12,14,18-22,25-28,30-33,44,48-53,61-66,73,82-85,90-93,95,97H,11,13,15-17,23-24,29,34-43,45-47H2,1-10H3,(H2,81,103)(H,86,96)(H,87,106)(H,88,107)(H,89,108)/t51-,52-,53+,61-,62-,63-,64-,65-,66-,73-,79-,80+/m0/s1. The number of rotatable bonds is 25. The molecule has 1 aromatic heterocycles. The molecule has 3 aromatic carbocycles. The quantitative estimate of drug-likeness (QED) is 0.0147. The van der Waals surface area contributed by atoms with Crippen molar-refractivity contribution in [2.24, 2.45) is 17.6 Å². The third-order valence-corrected chi connectivity index (χ3v) is 19.5. The van der Waals surface area contributed by atoms with E-state index in [1.807, 2.05) is 64.1 Å². The monoisotopic (exact) mass is 1500 g/mol. The third kappa shape index (κ3) is 30.6. The van der Waals surface area contributed by atoms with Crippen molar-refractivity contribution >= 4 is 87.2 Å². The molecule has 28 heteroatoms. The highest BCUT2D eigenvalue weighted by Crippen LogP contribution is 2.23. The summed E-state index contributed by atoms with van der Waals surface area (Å²) in [5.41, 5.74) is 17.4. The van der Waals surface area contributed by atoms with Gasteiger partial charge in [0.15, 0.2) is 28.9 Å². The fourth-order valence-electron chi connectivity index (χ4n) is 12.5. The number of para-hydroxylation sites is 1. The molecule has 108 heavy (non-hydrogen) atoms. The van der Waals surface area contributed by atoms with Gasteiger partial charge in [-0.1, -0.05) is 120 Å². The van der Waals surface area contributed by atoms with E-state index >= 15 is 0 Å².